The van der Waals surface area contributed by atoms with Crippen molar-refractivity contribution < 1.29 is 9.59 Å². The number of anilines is 1. The number of unbranched alkanes of at least 4 members (excludes halogenated alkanes) is 5. The van der Waals surface area contributed by atoms with Crippen LogP contribution in [0.5, 0.6) is 0 Å². The molecule has 188 valence electrons. The Labute approximate surface area is 211 Å². The van der Waals surface area contributed by atoms with Crippen molar-refractivity contribution in [2.24, 2.45) is 0 Å². The molecule has 8 nitrogen and oxygen atoms in total. The second kappa shape index (κ2) is 11.7. The van der Waals surface area contributed by atoms with E-state index in [0.717, 1.165) is 54.9 Å². The van der Waals surface area contributed by atoms with Gasteiger partial charge in [-0.05, 0) is 57.9 Å². The zero-order valence-corrected chi connectivity index (χ0v) is 21.3. The molecule has 4 rings (SSSR count). The van der Waals surface area contributed by atoms with Crippen LogP contribution < -0.4 is 5.32 Å². The maximum Gasteiger partial charge on any atom is 0.259 e. The lowest BCUT2D eigenvalue weighted by atomic mass is 10.1. The molecule has 0 saturated heterocycles. The van der Waals surface area contributed by atoms with Crippen molar-refractivity contribution in [1.29, 1.82) is 0 Å². The van der Waals surface area contributed by atoms with E-state index in [1.807, 2.05) is 65.7 Å². The van der Waals surface area contributed by atoms with Crippen molar-refractivity contribution in [3.63, 3.8) is 0 Å². The minimum Gasteiger partial charge on any atom is -0.322 e. The molecule has 3 heterocycles. The molecule has 0 bridgehead atoms. The van der Waals surface area contributed by atoms with Crippen LogP contribution in [0.4, 0.5) is 5.69 Å². The molecule has 4 aromatic rings. The second-order valence-corrected chi connectivity index (χ2v) is 9.43. The standard InChI is InChI=1S/C28H34N6O2/c1-20-18-21(2)34-17-15-25(27(34)29-20)28(36)30-24-13-11-23(12-14-24)26-19-33(32-31-26)16-9-7-5-4-6-8-10-22(3)35/h11-15,17-19H,4-10,16H2,1-3H3,(H,30,36). The fraction of sp³-hybridized carbons (Fsp3) is 0.393. The van der Waals surface area contributed by atoms with Crippen LogP contribution >= 0.6 is 0 Å². The first-order chi connectivity index (χ1) is 17.4. The van der Waals surface area contributed by atoms with Crippen LogP contribution in [0.3, 0.4) is 0 Å². The van der Waals surface area contributed by atoms with Crippen LogP contribution in [0, 0.1) is 13.8 Å². The maximum absolute atomic E-state index is 12.9. The summed E-state index contributed by atoms with van der Waals surface area (Å²) in [6, 6.07) is 11.4. The van der Waals surface area contributed by atoms with Gasteiger partial charge in [0.05, 0.1) is 11.8 Å². The smallest absolute Gasteiger partial charge is 0.259 e. The third-order valence-electron chi connectivity index (χ3n) is 6.33. The first-order valence-electron chi connectivity index (χ1n) is 12.7. The van der Waals surface area contributed by atoms with Crippen molar-refractivity contribution in [3.05, 3.63) is 65.7 Å². The summed E-state index contributed by atoms with van der Waals surface area (Å²) in [6.45, 7) is 6.42. The van der Waals surface area contributed by atoms with Gasteiger partial charge in [-0.15, -0.1) is 5.10 Å². The van der Waals surface area contributed by atoms with E-state index in [4.69, 9.17) is 0 Å². The van der Waals surface area contributed by atoms with Gasteiger partial charge >= 0.3 is 0 Å². The fourth-order valence-electron chi connectivity index (χ4n) is 4.39. The molecule has 0 radical (unpaired) electrons. The highest BCUT2D eigenvalue weighted by molar-refractivity contribution is 6.08. The number of benzene rings is 1. The Balaban J connectivity index is 1.27. The summed E-state index contributed by atoms with van der Waals surface area (Å²) >= 11 is 0. The highest BCUT2D eigenvalue weighted by Crippen LogP contribution is 2.21. The minimum atomic E-state index is -0.187. The summed E-state index contributed by atoms with van der Waals surface area (Å²) in [5.74, 6) is 0.0949. The third-order valence-corrected chi connectivity index (χ3v) is 6.33. The van der Waals surface area contributed by atoms with Crippen molar-refractivity contribution in [2.45, 2.75) is 72.3 Å². The number of aryl methyl sites for hydroxylation is 3. The average Bonchev–Trinajstić information content (AvgIpc) is 3.48. The zero-order valence-electron chi connectivity index (χ0n) is 21.3. The summed E-state index contributed by atoms with van der Waals surface area (Å²) < 4.78 is 3.81. The first kappa shape index (κ1) is 25.3. The molecule has 0 unspecified atom stereocenters. The van der Waals surface area contributed by atoms with Crippen LogP contribution in [0.1, 0.15) is 73.6 Å². The van der Waals surface area contributed by atoms with Crippen LogP contribution in [0.2, 0.25) is 0 Å². The SMILES string of the molecule is CC(=O)CCCCCCCCn1cc(-c2ccc(NC(=O)c3ccn4c(C)cc(C)nc34)cc2)nn1. The van der Waals surface area contributed by atoms with Crippen molar-refractivity contribution in [1.82, 2.24) is 24.4 Å². The average molecular weight is 487 g/mol. The zero-order chi connectivity index (χ0) is 25.5. The number of fused-ring (bicyclic) bond motifs is 1. The second-order valence-electron chi connectivity index (χ2n) is 9.43. The fourth-order valence-corrected chi connectivity index (χ4v) is 4.39. The number of carbonyl (C=O) groups is 2. The van der Waals surface area contributed by atoms with Gasteiger partial charge in [0.25, 0.3) is 5.91 Å². The van der Waals surface area contributed by atoms with E-state index in [-0.39, 0.29) is 11.7 Å². The van der Waals surface area contributed by atoms with E-state index in [2.05, 4.69) is 20.6 Å². The summed E-state index contributed by atoms with van der Waals surface area (Å²) in [7, 11) is 0. The lowest BCUT2D eigenvalue weighted by molar-refractivity contribution is -0.117. The predicted molar refractivity (Wildman–Crippen MR) is 141 cm³/mol. The van der Waals surface area contributed by atoms with E-state index in [1.165, 1.54) is 12.8 Å². The van der Waals surface area contributed by atoms with Crippen LogP contribution in [0.25, 0.3) is 16.9 Å². The van der Waals surface area contributed by atoms with E-state index in [1.54, 1.807) is 13.0 Å². The van der Waals surface area contributed by atoms with Gasteiger partial charge in [0.1, 0.15) is 17.1 Å². The molecule has 0 aliphatic rings. The minimum absolute atomic E-state index is 0.187. The number of nitrogens with one attached hydrogen (secondary N) is 1. The Hall–Kier alpha value is -3.81. The Morgan fingerprint density at radius 1 is 0.944 bits per heavy atom. The number of hydrogen-bond acceptors (Lipinski definition) is 5. The van der Waals surface area contributed by atoms with Crippen molar-refractivity contribution in [2.75, 3.05) is 5.32 Å². The number of Topliss-reactive ketones (excluding diaryl/α,β-unsaturated/α-hetero) is 1. The number of nitrogens with zero attached hydrogens (tertiary/aromatic N) is 5. The van der Waals surface area contributed by atoms with E-state index < -0.39 is 0 Å². The molecule has 0 fully saturated rings. The summed E-state index contributed by atoms with van der Waals surface area (Å²) in [5.41, 5.74) is 5.60. The molecule has 1 aromatic carbocycles. The van der Waals surface area contributed by atoms with E-state index in [9.17, 15) is 9.59 Å². The van der Waals surface area contributed by atoms with E-state index in [0.29, 0.717) is 23.3 Å². The molecule has 1 N–H and O–H groups in total. The Morgan fingerprint density at radius 3 is 2.42 bits per heavy atom. The van der Waals surface area contributed by atoms with Gasteiger partial charge in [0, 0.05) is 41.8 Å². The molecule has 8 heteroatoms. The van der Waals surface area contributed by atoms with Gasteiger partial charge < -0.3 is 14.5 Å². The van der Waals surface area contributed by atoms with Crippen molar-refractivity contribution in [3.8, 4) is 11.3 Å². The van der Waals surface area contributed by atoms with Gasteiger partial charge in [0.2, 0.25) is 0 Å². The van der Waals surface area contributed by atoms with Gasteiger partial charge in [-0.2, -0.15) is 0 Å². The monoisotopic (exact) mass is 486 g/mol. The highest BCUT2D eigenvalue weighted by atomic mass is 16.1. The highest BCUT2D eigenvalue weighted by Gasteiger charge is 2.14. The quantitative estimate of drug-likeness (QED) is 0.256. The van der Waals surface area contributed by atoms with Gasteiger partial charge in [0.15, 0.2) is 0 Å². The topological polar surface area (TPSA) is 94.2 Å². The predicted octanol–water partition coefficient (Wildman–Crippen LogP) is 5.78. The summed E-state index contributed by atoms with van der Waals surface area (Å²) in [4.78, 5) is 28.4. The number of amides is 1. The largest absolute Gasteiger partial charge is 0.322 e. The van der Waals surface area contributed by atoms with Crippen molar-refractivity contribution >= 4 is 23.0 Å². The lowest BCUT2D eigenvalue weighted by Gasteiger charge is -2.07. The molecular formula is C28H34N6O2. The van der Waals surface area contributed by atoms with Gasteiger partial charge in [-0.25, -0.2) is 4.98 Å². The van der Waals surface area contributed by atoms with Gasteiger partial charge in [-0.1, -0.05) is 43.0 Å². The Morgan fingerprint density at radius 2 is 1.67 bits per heavy atom. The van der Waals surface area contributed by atoms with Gasteiger partial charge in [-0.3, -0.25) is 9.48 Å². The number of rotatable bonds is 12. The number of hydrogen-bond donors (Lipinski definition) is 1. The normalized spacial score (nSPS) is 11.2. The molecule has 0 aliphatic heterocycles. The van der Waals surface area contributed by atoms with E-state index >= 15 is 0 Å². The Kier molecular flexibility index (Phi) is 8.25. The first-order valence-corrected chi connectivity index (χ1v) is 12.7. The summed E-state index contributed by atoms with van der Waals surface area (Å²) in [5, 5.41) is 11.5. The maximum atomic E-state index is 12.9. The molecule has 36 heavy (non-hydrogen) atoms. The number of carbonyl (C=O) groups excluding carboxylic acids is 2. The molecule has 0 atom stereocenters. The molecular weight excluding hydrogens is 452 g/mol. The molecule has 1 amide bonds. The summed E-state index contributed by atoms with van der Waals surface area (Å²) in [6.07, 6.45) is 11.2. The van der Waals surface area contributed by atoms with Crippen LogP contribution in [-0.2, 0) is 11.3 Å². The third kappa shape index (κ3) is 6.44. The number of aromatic nitrogens is 5. The molecule has 3 aromatic heterocycles. The number of ketones is 1. The molecule has 0 saturated carbocycles. The van der Waals surface area contributed by atoms with Crippen LogP contribution in [-0.4, -0.2) is 36.1 Å². The lowest BCUT2D eigenvalue weighted by Crippen LogP contribution is -2.12. The van der Waals surface area contributed by atoms with Crippen LogP contribution in [0.15, 0.2) is 48.8 Å². The molecule has 0 aliphatic carbocycles. The molecule has 0 spiro atoms. The Bertz CT molecular complexity index is 1340.